The Kier molecular flexibility index (Phi) is 4.53. The first-order valence-electron chi connectivity index (χ1n) is 6.04. The number of hydrogen-bond acceptors (Lipinski definition) is 3. The van der Waals surface area contributed by atoms with Crippen molar-refractivity contribution in [3.05, 3.63) is 53.2 Å². The maximum atomic E-state index is 5.67. The minimum atomic E-state index is 0.415. The predicted octanol–water partition coefficient (Wildman–Crippen LogP) is 3.74. The number of rotatable bonds is 5. The van der Waals surface area contributed by atoms with E-state index in [4.69, 9.17) is 11.6 Å². The summed E-state index contributed by atoms with van der Waals surface area (Å²) in [5, 5.41) is 11.4. The van der Waals surface area contributed by atoms with E-state index >= 15 is 0 Å². The summed E-state index contributed by atoms with van der Waals surface area (Å²) in [4.78, 5) is 0. The average molecular weight is 262 g/mol. The van der Waals surface area contributed by atoms with Crippen LogP contribution in [0.3, 0.4) is 0 Å². The highest BCUT2D eigenvalue weighted by atomic mass is 35.5. The van der Waals surface area contributed by atoms with Crippen molar-refractivity contribution in [2.75, 3.05) is 11.9 Å². The van der Waals surface area contributed by atoms with Gasteiger partial charge in [0.2, 0.25) is 0 Å². The number of hydrogen-bond donors (Lipinski definition) is 1. The molecule has 1 atom stereocenters. The maximum absolute atomic E-state index is 5.67. The molecule has 1 unspecified atom stereocenters. The molecule has 0 saturated heterocycles. The summed E-state index contributed by atoms with van der Waals surface area (Å²) in [7, 11) is 0. The lowest BCUT2D eigenvalue weighted by Crippen LogP contribution is -2.07. The maximum Gasteiger partial charge on any atom is 0.151 e. The van der Waals surface area contributed by atoms with Crippen LogP contribution in [0.5, 0.6) is 0 Å². The van der Waals surface area contributed by atoms with Crippen molar-refractivity contribution in [3.63, 3.8) is 0 Å². The van der Waals surface area contributed by atoms with Gasteiger partial charge < -0.3 is 5.32 Å². The highest BCUT2D eigenvalue weighted by Gasteiger charge is 2.04. The molecule has 1 aromatic carbocycles. The Morgan fingerprint density at radius 3 is 2.56 bits per heavy atom. The molecule has 94 valence electrons. The van der Waals surface area contributed by atoms with E-state index in [0.29, 0.717) is 11.1 Å². The van der Waals surface area contributed by atoms with E-state index in [1.807, 2.05) is 12.1 Å². The zero-order chi connectivity index (χ0) is 12.8. The smallest absolute Gasteiger partial charge is 0.151 e. The fourth-order valence-electron chi connectivity index (χ4n) is 1.78. The fraction of sp³-hybridized carbons (Fsp3) is 0.286. The van der Waals surface area contributed by atoms with Crippen molar-refractivity contribution in [2.45, 2.75) is 19.3 Å². The van der Waals surface area contributed by atoms with Gasteiger partial charge in [0.15, 0.2) is 5.15 Å². The third-order valence-electron chi connectivity index (χ3n) is 2.88. The highest BCUT2D eigenvalue weighted by Crippen LogP contribution is 2.18. The molecule has 18 heavy (non-hydrogen) atoms. The lowest BCUT2D eigenvalue weighted by molar-refractivity contribution is 0.704. The van der Waals surface area contributed by atoms with Crippen LogP contribution < -0.4 is 5.32 Å². The molecule has 2 rings (SSSR count). The molecule has 0 aliphatic rings. The average Bonchev–Trinajstić information content (AvgIpc) is 2.42. The zero-order valence-electron chi connectivity index (χ0n) is 10.3. The first kappa shape index (κ1) is 12.8. The van der Waals surface area contributed by atoms with Crippen molar-refractivity contribution in [1.29, 1.82) is 0 Å². The second-order valence-corrected chi connectivity index (χ2v) is 4.66. The zero-order valence-corrected chi connectivity index (χ0v) is 11.1. The Hall–Kier alpha value is -1.61. The molecule has 0 fully saturated rings. The molecule has 0 radical (unpaired) electrons. The molecule has 3 nitrogen and oxygen atoms in total. The summed E-state index contributed by atoms with van der Waals surface area (Å²) < 4.78 is 0. The SMILES string of the molecule is CC(CCNc1ccc(Cl)nn1)c1ccccc1. The van der Waals surface area contributed by atoms with E-state index in [1.165, 1.54) is 5.56 Å². The largest absolute Gasteiger partial charge is 0.369 e. The molecule has 0 saturated carbocycles. The summed E-state index contributed by atoms with van der Waals surface area (Å²) in [5.41, 5.74) is 1.36. The number of benzene rings is 1. The van der Waals surface area contributed by atoms with Crippen LogP contribution in [0.2, 0.25) is 5.15 Å². The quantitative estimate of drug-likeness (QED) is 0.891. The van der Waals surface area contributed by atoms with Crippen LogP contribution in [0.25, 0.3) is 0 Å². The van der Waals surface area contributed by atoms with Crippen LogP contribution in [0.4, 0.5) is 5.82 Å². The number of halogens is 1. The number of nitrogens with zero attached hydrogens (tertiary/aromatic N) is 2. The third-order valence-corrected chi connectivity index (χ3v) is 3.09. The van der Waals surface area contributed by atoms with Crippen molar-refractivity contribution < 1.29 is 0 Å². The van der Waals surface area contributed by atoms with E-state index < -0.39 is 0 Å². The Balaban J connectivity index is 1.80. The second kappa shape index (κ2) is 6.36. The van der Waals surface area contributed by atoms with Crippen LogP contribution >= 0.6 is 11.6 Å². The lowest BCUT2D eigenvalue weighted by atomic mass is 9.98. The van der Waals surface area contributed by atoms with Gasteiger partial charge in [-0.25, -0.2) is 0 Å². The van der Waals surface area contributed by atoms with Gasteiger partial charge in [0.05, 0.1) is 0 Å². The molecule has 1 aromatic heterocycles. The summed E-state index contributed by atoms with van der Waals surface area (Å²) in [6.45, 7) is 3.09. The van der Waals surface area contributed by atoms with Crippen molar-refractivity contribution in [2.24, 2.45) is 0 Å². The first-order chi connectivity index (χ1) is 8.75. The van der Waals surface area contributed by atoms with Crippen LogP contribution in [-0.2, 0) is 0 Å². The summed E-state index contributed by atoms with van der Waals surface area (Å²) in [5.74, 6) is 1.29. The van der Waals surface area contributed by atoms with Gasteiger partial charge in [0, 0.05) is 6.54 Å². The molecule has 0 bridgehead atoms. The van der Waals surface area contributed by atoms with Crippen LogP contribution in [-0.4, -0.2) is 16.7 Å². The molecular formula is C14H16ClN3. The Labute approximate surface area is 112 Å². The highest BCUT2D eigenvalue weighted by molar-refractivity contribution is 6.29. The molecule has 0 amide bonds. The minimum Gasteiger partial charge on any atom is -0.369 e. The molecule has 1 N–H and O–H groups in total. The molecule has 1 heterocycles. The van der Waals surface area contributed by atoms with Crippen LogP contribution in [0.15, 0.2) is 42.5 Å². The normalized spacial score (nSPS) is 12.1. The molecular weight excluding hydrogens is 246 g/mol. The summed E-state index contributed by atoms with van der Waals surface area (Å²) in [6, 6.07) is 14.1. The van der Waals surface area contributed by atoms with E-state index in [-0.39, 0.29) is 0 Å². The Morgan fingerprint density at radius 1 is 1.11 bits per heavy atom. The van der Waals surface area contributed by atoms with Crippen molar-refractivity contribution in [3.8, 4) is 0 Å². The second-order valence-electron chi connectivity index (χ2n) is 4.27. The molecule has 2 aromatic rings. The monoisotopic (exact) mass is 261 g/mol. The number of anilines is 1. The summed E-state index contributed by atoms with van der Waals surface area (Å²) >= 11 is 5.67. The molecule has 4 heteroatoms. The van der Waals surface area contributed by atoms with Gasteiger partial charge in [-0.3, -0.25) is 0 Å². The van der Waals surface area contributed by atoms with Crippen molar-refractivity contribution in [1.82, 2.24) is 10.2 Å². The van der Waals surface area contributed by atoms with Gasteiger partial charge in [0.25, 0.3) is 0 Å². The first-order valence-corrected chi connectivity index (χ1v) is 6.41. The van der Waals surface area contributed by atoms with Gasteiger partial charge in [0.1, 0.15) is 5.82 Å². The van der Waals surface area contributed by atoms with Gasteiger partial charge in [-0.15, -0.1) is 10.2 Å². The van der Waals surface area contributed by atoms with E-state index in [2.05, 4.69) is 46.7 Å². The van der Waals surface area contributed by atoms with E-state index in [0.717, 1.165) is 18.8 Å². The lowest BCUT2D eigenvalue weighted by Gasteiger charge is -2.12. The standard InChI is InChI=1S/C14H16ClN3/c1-11(12-5-3-2-4-6-12)9-10-16-14-8-7-13(15)17-18-14/h2-8,11H,9-10H2,1H3,(H,16,18). The van der Waals surface area contributed by atoms with Crippen molar-refractivity contribution >= 4 is 17.4 Å². The topological polar surface area (TPSA) is 37.8 Å². The van der Waals surface area contributed by atoms with Crippen LogP contribution in [0, 0.1) is 0 Å². The van der Waals surface area contributed by atoms with Gasteiger partial charge in [-0.1, -0.05) is 48.9 Å². The van der Waals surface area contributed by atoms with Gasteiger partial charge in [-0.05, 0) is 30.0 Å². The third kappa shape index (κ3) is 3.70. The Bertz CT molecular complexity index is 470. The number of nitrogens with one attached hydrogen (secondary N) is 1. The van der Waals surface area contributed by atoms with E-state index in [9.17, 15) is 0 Å². The fourth-order valence-corrected chi connectivity index (χ4v) is 1.88. The van der Waals surface area contributed by atoms with Gasteiger partial charge in [-0.2, -0.15) is 0 Å². The summed E-state index contributed by atoms with van der Waals surface area (Å²) in [6.07, 6.45) is 1.05. The number of aromatic nitrogens is 2. The van der Waals surface area contributed by atoms with Gasteiger partial charge >= 0.3 is 0 Å². The predicted molar refractivity (Wildman–Crippen MR) is 75.0 cm³/mol. The molecule has 0 aliphatic carbocycles. The molecule has 0 aliphatic heterocycles. The minimum absolute atomic E-state index is 0.415. The van der Waals surface area contributed by atoms with Crippen LogP contribution in [0.1, 0.15) is 24.8 Å². The Morgan fingerprint density at radius 2 is 1.89 bits per heavy atom. The van der Waals surface area contributed by atoms with E-state index in [1.54, 1.807) is 6.07 Å². The molecule has 0 spiro atoms.